The van der Waals surface area contributed by atoms with E-state index >= 15 is 0 Å². The highest BCUT2D eigenvalue weighted by Crippen LogP contribution is 2.25. The number of anilines is 2. The highest BCUT2D eigenvalue weighted by atomic mass is 32.1. The first-order valence-corrected chi connectivity index (χ1v) is 12.2. The summed E-state index contributed by atoms with van der Waals surface area (Å²) in [7, 11) is 5.30. The highest BCUT2D eigenvalue weighted by molar-refractivity contribution is 7.12. The van der Waals surface area contributed by atoms with E-state index in [1.807, 2.05) is 55.9 Å². The fourth-order valence-corrected chi connectivity index (χ4v) is 4.26. The number of amides is 2. The fraction of sp³-hybridized carbons (Fsp3) is 0.185. The number of carbonyl (C=O) groups is 2. The zero-order chi connectivity index (χ0) is 25.7. The predicted octanol–water partition coefficient (Wildman–Crippen LogP) is 4.33. The van der Waals surface area contributed by atoms with E-state index in [0.29, 0.717) is 33.3 Å². The molecule has 8 nitrogen and oxygen atoms in total. The van der Waals surface area contributed by atoms with Gasteiger partial charge in [0.1, 0.15) is 0 Å². The number of likely N-dealkylation sites (N-methyl/N-ethyl adjacent to an activating group) is 1. The molecule has 4 aromatic rings. The van der Waals surface area contributed by atoms with E-state index in [0.717, 1.165) is 5.56 Å². The van der Waals surface area contributed by atoms with Crippen LogP contribution in [0.15, 0.2) is 78.3 Å². The first-order chi connectivity index (χ1) is 17.3. The third-order valence-corrected chi connectivity index (χ3v) is 6.39. The van der Waals surface area contributed by atoms with Crippen LogP contribution >= 0.6 is 11.3 Å². The van der Waals surface area contributed by atoms with Crippen LogP contribution in [0.1, 0.15) is 31.7 Å². The number of aliphatic hydroxyl groups is 1. The molecule has 2 aromatic carbocycles. The van der Waals surface area contributed by atoms with Gasteiger partial charge < -0.3 is 20.2 Å². The minimum Gasteiger partial charge on any atom is -0.387 e. The van der Waals surface area contributed by atoms with Crippen molar-refractivity contribution >= 4 is 34.8 Å². The van der Waals surface area contributed by atoms with Gasteiger partial charge in [0, 0.05) is 38.6 Å². The molecule has 0 saturated carbocycles. The Morgan fingerprint density at radius 3 is 2.50 bits per heavy atom. The number of aliphatic hydroxyl groups excluding tert-OH is 1. The van der Waals surface area contributed by atoms with E-state index in [-0.39, 0.29) is 18.4 Å². The second kappa shape index (κ2) is 11.1. The zero-order valence-corrected chi connectivity index (χ0v) is 21.1. The van der Waals surface area contributed by atoms with Crippen LogP contribution in [0.3, 0.4) is 0 Å². The average molecular weight is 502 g/mol. The Bertz CT molecular complexity index is 1340. The molecule has 1 unspecified atom stereocenters. The number of nitrogens with one attached hydrogen (secondary N) is 1. The second-order valence-electron chi connectivity index (χ2n) is 8.45. The summed E-state index contributed by atoms with van der Waals surface area (Å²) in [5.74, 6) is -0.0200. The van der Waals surface area contributed by atoms with Crippen LogP contribution in [0, 0.1) is 0 Å². The molecule has 2 N–H and O–H groups in total. The molecule has 1 atom stereocenters. The van der Waals surface area contributed by atoms with Gasteiger partial charge in [-0.15, -0.1) is 11.3 Å². The Hall–Kier alpha value is -4.08. The molecule has 184 valence electrons. The molecule has 0 aliphatic heterocycles. The van der Waals surface area contributed by atoms with Gasteiger partial charge in [-0.25, -0.2) is 9.97 Å². The number of hydrogen-bond acceptors (Lipinski definition) is 7. The van der Waals surface area contributed by atoms with Crippen LogP contribution in [0.5, 0.6) is 0 Å². The van der Waals surface area contributed by atoms with E-state index in [1.165, 1.54) is 22.4 Å². The number of aromatic nitrogens is 2. The summed E-state index contributed by atoms with van der Waals surface area (Å²) >= 11 is 1.35. The molecule has 2 aromatic heterocycles. The van der Waals surface area contributed by atoms with Crippen molar-refractivity contribution in [1.82, 2.24) is 14.9 Å². The summed E-state index contributed by atoms with van der Waals surface area (Å²) in [5, 5.41) is 15.6. The van der Waals surface area contributed by atoms with E-state index < -0.39 is 6.10 Å². The van der Waals surface area contributed by atoms with Gasteiger partial charge in [0.05, 0.1) is 28.8 Å². The SMILES string of the molecule is CN(CC(O)c1cccc(NC(=O)c2cccs2)c1)C(=O)c1cnc(N(C)C)nc1-c1ccccc1. The summed E-state index contributed by atoms with van der Waals surface area (Å²) in [4.78, 5) is 38.5. The molecule has 0 aliphatic rings. The van der Waals surface area contributed by atoms with Crippen molar-refractivity contribution in [2.24, 2.45) is 0 Å². The van der Waals surface area contributed by atoms with Gasteiger partial charge in [-0.05, 0) is 29.1 Å². The van der Waals surface area contributed by atoms with Crippen LogP contribution in [0.4, 0.5) is 11.6 Å². The van der Waals surface area contributed by atoms with Crippen molar-refractivity contribution in [1.29, 1.82) is 0 Å². The molecule has 0 aliphatic carbocycles. The van der Waals surface area contributed by atoms with Gasteiger partial charge in [0.15, 0.2) is 0 Å². The Morgan fingerprint density at radius 2 is 1.81 bits per heavy atom. The summed E-state index contributed by atoms with van der Waals surface area (Å²) in [6.45, 7) is 0.0464. The molecule has 4 rings (SSSR count). The highest BCUT2D eigenvalue weighted by Gasteiger charge is 2.22. The number of carbonyl (C=O) groups excluding carboxylic acids is 2. The smallest absolute Gasteiger partial charge is 0.265 e. The molecule has 0 saturated heterocycles. The molecule has 0 spiro atoms. The maximum absolute atomic E-state index is 13.4. The van der Waals surface area contributed by atoms with Gasteiger partial charge in [-0.3, -0.25) is 9.59 Å². The molecule has 0 radical (unpaired) electrons. The first kappa shape index (κ1) is 25.0. The fourth-order valence-electron chi connectivity index (χ4n) is 3.64. The normalized spacial score (nSPS) is 11.6. The summed E-state index contributed by atoms with van der Waals surface area (Å²) < 4.78 is 0. The average Bonchev–Trinajstić information content (AvgIpc) is 3.44. The quantitative estimate of drug-likeness (QED) is 0.373. The standard InChI is InChI=1S/C27H27N5O3S/c1-31(2)27-28-16-21(24(30-27)18-9-5-4-6-10-18)26(35)32(3)17-22(33)19-11-7-12-20(15-19)29-25(34)23-13-8-14-36-23/h4-16,22,33H,17H2,1-3H3,(H,29,34). The molecule has 2 amide bonds. The van der Waals surface area contributed by atoms with Gasteiger partial charge in [-0.2, -0.15) is 0 Å². The molecule has 36 heavy (non-hydrogen) atoms. The van der Waals surface area contributed by atoms with E-state index in [2.05, 4.69) is 15.3 Å². The Balaban J connectivity index is 1.51. The van der Waals surface area contributed by atoms with Crippen LogP contribution in [-0.4, -0.2) is 59.5 Å². The predicted molar refractivity (Wildman–Crippen MR) is 142 cm³/mol. The summed E-state index contributed by atoms with van der Waals surface area (Å²) in [5.41, 5.74) is 2.82. The van der Waals surface area contributed by atoms with Gasteiger partial charge >= 0.3 is 0 Å². The van der Waals surface area contributed by atoms with Crippen LogP contribution in [0.25, 0.3) is 11.3 Å². The number of hydrogen-bond donors (Lipinski definition) is 2. The van der Waals surface area contributed by atoms with Crippen LogP contribution in [-0.2, 0) is 0 Å². The van der Waals surface area contributed by atoms with Crippen LogP contribution in [0.2, 0.25) is 0 Å². The number of thiophene rings is 1. The Labute approximate surface area is 213 Å². The van der Waals surface area contributed by atoms with Crippen molar-refractivity contribution < 1.29 is 14.7 Å². The lowest BCUT2D eigenvalue weighted by molar-refractivity contribution is 0.0681. The lowest BCUT2D eigenvalue weighted by atomic mass is 10.1. The Morgan fingerprint density at radius 1 is 1.03 bits per heavy atom. The minimum atomic E-state index is -0.959. The maximum Gasteiger partial charge on any atom is 0.265 e. The molecular formula is C27H27N5O3S. The Kier molecular flexibility index (Phi) is 7.72. The number of benzene rings is 2. The monoisotopic (exact) mass is 501 g/mol. The minimum absolute atomic E-state index is 0.0464. The van der Waals surface area contributed by atoms with Gasteiger partial charge in [0.25, 0.3) is 11.8 Å². The third-order valence-electron chi connectivity index (χ3n) is 5.52. The van der Waals surface area contributed by atoms with Crippen LogP contribution < -0.4 is 10.2 Å². The topological polar surface area (TPSA) is 98.7 Å². The van der Waals surface area contributed by atoms with E-state index in [4.69, 9.17) is 0 Å². The van der Waals surface area contributed by atoms with E-state index in [1.54, 1.807) is 42.3 Å². The van der Waals surface area contributed by atoms with Gasteiger partial charge in [0.2, 0.25) is 5.95 Å². The molecule has 0 bridgehead atoms. The lowest BCUT2D eigenvalue weighted by Crippen LogP contribution is -2.32. The first-order valence-electron chi connectivity index (χ1n) is 11.3. The van der Waals surface area contributed by atoms with Crippen molar-refractivity contribution in [3.63, 3.8) is 0 Å². The third kappa shape index (κ3) is 5.76. The largest absolute Gasteiger partial charge is 0.387 e. The number of nitrogens with zero attached hydrogens (tertiary/aromatic N) is 4. The molecule has 9 heteroatoms. The van der Waals surface area contributed by atoms with Crippen molar-refractivity contribution in [2.75, 3.05) is 37.9 Å². The maximum atomic E-state index is 13.4. The second-order valence-corrected chi connectivity index (χ2v) is 9.40. The summed E-state index contributed by atoms with van der Waals surface area (Å²) in [6.07, 6.45) is 0.566. The van der Waals surface area contributed by atoms with Gasteiger partial charge in [-0.1, -0.05) is 48.5 Å². The molecule has 0 fully saturated rings. The zero-order valence-electron chi connectivity index (χ0n) is 20.3. The number of rotatable bonds is 8. The molecular weight excluding hydrogens is 474 g/mol. The summed E-state index contributed by atoms with van der Waals surface area (Å²) in [6, 6.07) is 20.0. The molecule has 2 heterocycles. The lowest BCUT2D eigenvalue weighted by Gasteiger charge is -2.23. The van der Waals surface area contributed by atoms with Crippen molar-refractivity contribution in [3.05, 3.63) is 94.3 Å². The van der Waals surface area contributed by atoms with E-state index in [9.17, 15) is 14.7 Å². The van der Waals surface area contributed by atoms with Crippen molar-refractivity contribution in [3.8, 4) is 11.3 Å². The van der Waals surface area contributed by atoms with Crippen molar-refractivity contribution in [2.45, 2.75) is 6.10 Å².